The Morgan fingerprint density at radius 3 is 2.60 bits per heavy atom. The van der Waals surface area contributed by atoms with Crippen molar-refractivity contribution in [2.24, 2.45) is 0 Å². The summed E-state index contributed by atoms with van der Waals surface area (Å²) in [5.41, 5.74) is 3.51. The lowest BCUT2D eigenvalue weighted by Crippen LogP contribution is -2.38. The Morgan fingerprint density at radius 1 is 1.28 bits per heavy atom. The van der Waals surface area contributed by atoms with Crippen LogP contribution in [0.25, 0.3) is 10.9 Å². The van der Waals surface area contributed by atoms with Crippen LogP contribution in [-0.2, 0) is 4.79 Å². The van der Waals surface area contributed by atoms with Gasteiger partial charge in [-0.2, -0.15) is 0 Å². The second-order valence-corrected chi connectivity index (χ2v) is 7.13. The Labute approximate surface area is 147 Å². The lowest BCUT2D eigenvalue weighted by molar-refractivity contribution is -0.137. The quantitative estimate of drug-likeness (QED) is 0.869. The molecule has 5 nitrogen and oxygen atoms in total. The molecule has 3 rings (SSSR count). The monoisotopic (exact) mass is 340 g/mol. The average Bonchev–Trinajstić information content (AvgIpc) is 3.38. The molecule has 1 aromatic heterocycles. The third kappa shape index (κ3) is 3.81. The molecule has 132 valence electrons. The number of rotatable bonds is 6. The number of carboxylic acid groups (broad SMARTS) is 1. The summed E-state index contributed by atoms with van der Waals surface area (Å²) < 4.78 is 0. The molecule has 0 spiro atoms. The molecule has 1 amide bonds. The molecule has 1 fully saturated rings. The third-order valence-electron chi connectivity index (χ3n) is 4.66. The Bertz CT molecular complexity index is 825. The lowest BCUT2D eigenvalue weighted by atomic mass is 10.0. The highest BCUT2D eigenvalue weighted by Crippen LogP contribution is 2.40. The molecule has 0 unspecified atom stereocenters. The Hall–Kier alpha value is -2.43. The first-order valence-electron chi connectivity index (χ1n) is 8.81. The van der Waals surface area contributed by atoms with E-state index in [9.17, 15) is 9.59 Å². The summed E-state index contributed by atoms with van der Waals surface area (Å²) in [6, 6.07) is 7.80. The largest absolute Gasteiger partial charge is 0.481 e. The van der Waals surface area contributed by atoms with E-state index in [-0.39, 0.29) is 24.9 Å². The van der Waals surface area contributed by atoms with Gasteiger partial charge in [-0.05, 0) is 51.8 Å². The van der Waals surface area contributed by atoms with Crippen LogP contribution < -0.4 is 0 Å². The van der Waals surface area contributed by atoms with Crippen molar-refractivity contribution in [2.75, 3.05) is 6.54 Å². The molecule has 2 aromatic rings. The maximum Gasteiger partial charge on any atom is 0.305 e. The second-order valence-electron chi connectivity index (χ2n) is 7.13. The fourth-order valence-electron chi connectivity index (χ4n) is 3.09. The fourth-order valence-corrected chi connectivity index (χ4v) is 3.09. The van der Waals surface area contributed by atoms with Crippen molar-refractivity contribution in [3.8, 4) is 0 Å². The van der Waals surface area contributed by atoms with Crippen LogP contribution in [0.4, 0.5) is 0 Å². The Kier molecular flexibility index (Phi) is 4.75. The van der Waals surface area contributed by atoms with Gasteiger partial charge in [0, 0.05) is 29.6 Å². The minimum atomic E-state index is -0.896. The third-order valence-corrected chi connectivity index (χ3v) is 4.66. The second kappa shape index (κ2) is 6.82. The number of benzene rings is 1. The molecule has 1 aromatic carbocycles. The van der Waals surface area contributed by atoms with E-state index in [0.717, 1.165) is 35.0 Å². The van der Waals surface area contributed by atoms with Gasteiger partial charge in [-0.1, -0.05) is 11.6 Å². The Balaban J connectivity index is 2.06. The normalized spacial score (nSPS) is 14.1. The van der Waals surface area contributed by atoms with Crippen molar-refractivity contribution in [2.45, 2.75) is 52.0 Å². The van der Waals surface area contributed by atoms with Crippen molar-refractivity contribution in [1.29, 1.82) is 0 Å². The number of fused-ring (bicyclic) bond motifs is 1. The number of aromatic nitrogens is 1. The smallest absolute Gasteiger partial charge is 0.305 e. The minimum absolute atomic E-state index is 0.0541. The standard InChI is InChI=1S/C20H24N2O3/c1-12(2)22(9-8-19(23)24)20(25)16-11-18(14-5-6-14)21-17-7-4-13(3)10-15(16)17/h4,7,10-12,14H,5-6,8-9H2,1-3H3,(H,23,24). The molecule has 25 heavy (non-hydrogen) atoms. The molecule has 0 aliphatic heterocycles. The van der Waals surface area contributed by atoms with Crippen molar-refractivity contribution in [3.05, 3.63) is 41.1 Å². The maximum atomic E-state index is 13.2. The fraction of sp³-hybridized carbons (Fsp3) is 0.450. The van der Waals surface area contributed by atoms with Gasteiger partial charge in [0.25, 0.3) is 5.91 Å². The molecule has 0 atom stereocenters. The summed E-state index contributed by atoms with van der Waals surface area (Å²) in [5.74, 6) is -0.563. The average molecular weight is 340 g/mol. The molecule has 0 radical (unpaired) electrons. The predicted molar refractivity (Wildman–Crippen MR) is 96.9 cm³/mol. The summed E-state index contributed by atoms with van der Waals surface area (Å²) in [4.78, 5) is 30.5. The van der Waals surface area contributed by atoms with Crippen molar-refractivity contribution >= 4 is 22.8 Å². The number of aryl methyl sites for hydroxylation is 1. The number of carbonyl (C=O) groups excluding carboxylic acids is 1. The zero-order valence-electron chi connectivity index (χ0n) is 15.0. The van der Waals surface area contributed by atoms with Crippen LogP contribution >= 0.6 is 0 Å². The van der Waals surface area contributed by atoms with E-state index in [1.165, 1.54) is 0 Å². The summed E-state index contributed by atoms with van der Waals surface area (Å²) >= 11 is 0. The van der Waals surface area contributed by atoms with Crippen molar-refractivity contribution in [3.63, 3.8) is 0 Å². The highest BCUT2D eigenvalue weighted by atomic mass is 16.4. The van der Waals surface area contributed by atoms with Gasteiger partial charge in [0.15, 0.2) is 0 Å². The molecule has 1 aliphatic rings. The predicted octanol–water partition coefficient (Wildman–Crippen LogP) is 3.75. The van der Waals surface area contributed by atoms with E-state index >= 15 is 0 Å². The first-order valence-corrected chi connectivity index (χ1v) is 8.81. The van der Waals surface area contributed by atoms with Crippen molar-refractivity contribution < 1.29 is 14.7 Å². The highest BCUT2D eigenvalue weighted by molar-refractivity contribution is 6.06. The number of amides is 1. The van der Waals surface area contributed by atoms with E-state index in [2.05, 4.69) is 0 Å². The van der Waals surface area contributed by atoms with Crippen LogP contribution in [0.15, 0.2) is 24.3 Å². The number of nitrogens with zero attached hydrogens (tertiary/aromatic N) is 2. The molecule has 0 saturated heterocycles. The van der Waals surface area contributed by atoms with E-state index in [0.29, 0.717) is 11.5 Å². The summed E-state index contributed by atoms with van der Waals surface area (Å²) in [6.45, 7) is 6.03. The first kappa shape index (κ1) is 17.4. The van der Waals surface area contributed by atoms with Crippen LogP contribution in [0.3, 0.4) is 0 Å². The zero-order valence-corrected chi connectivity index (χ0v) is 15.0. The van der Waals surface area contributed by atoms with Gasteiger partial charge in [-0.3, -0.25) is 14.6 Å². The number of carboxylic acids is 1. The van der Waals surface area contributed by atoms with Crippen LogP contribution in [0.1, 0.15) is 60.6 Å². The first-order chi connectivity index (χ1) is 11.9. The van der Waals surface area contributed by atoms with Gasteiger partial charge in [-0.25, -0.2) is 0 Å². The SMILES string of the molecule is Cc1ccc2nc(C3CC3)cc(C(=O)N(CCC(=O)O)C(C)C)c2c1. The van der Waals surface area contributed by atoms with Crippen molar-refractivity contribution in [1.82, 2.24) is 9.88 Å². The number of hydrogen-bond donors (Lipinski definition) is 1. The summed E-state index contributed by atoms with van der Waals surface area (Å²) in [6.07, 6.45) is 2.18. The van der Waals surface area contributed by atoms with E-state index in [1.807, 2.05) is 45.0 Å². The van der Waals surface area contributed by atoms with Gasteiger partial charge in [0.1, 0.15) is 0 Å². The van der Waals surface area contributed by atoms with Crippen LogP contribution in [0, 0.1) is 6.92 Å². The topological polar surface area (TPSA) is 70.5 Å². The van der Waals surface area contributed by atoms with Crippen LogP contribution in [-0.4, -0.2) is 39.5 Å². The van der Waals surface area contributed by atoms with Gasteiger partial charge >= 0.3 is 5.97 Å². The molecule has 5 heteroatoms. The summed E-state index contributed by atoms with van der Waals surface area (Å²) in [5, 5.41) is 9.82. The molecular formula is C20H24N2O3. The molecule has 1 heterocycles. The Morgan fingerprint density at radius 2 is 2.00 bits per heavy atom. The van der Waals surface area contributed by atoms with Crippen LogP contribution in [0.5, 0.6) is 0 Å². The highest BCUT2D eigenvalue weighted by Gasteiger charge is 2.28. The number of pyridine rings is 1. The number of carbonyl (C=O) groups is 2. The van der Waals surface area contributed by atoms with Gasteiger partial charge in [-0.15, -0.1) is 0 Å². The number of aliphatic carboxylic acids is 1. The molecule has 1 N–H and O–H groups in total. The molecule has 1 saturated carbocycles. The zero-order chi connectivity index (χ0) is 18.1. The molecular weight excluding hydrogens is 316 g/mol. The van der Waals surface area contributed by atoms with Gasteiger partial charge < -0.3 is 10.0 Å². The van der Waals surface area contributed by atoms with Gasteiger partial charge in [0.2, 0.25) is 0 Å². The molecule has 1 aliphatic carbocycles. The van der Waals surface area contributed by atoms with Crippen LogP contribution in [0.2, 0.25) is 0 Å². The van der Waals surface area contributed by atoms with E-state index in [1.54, 1.807) is 4.90 Å². The summed E-state index contributed by atoms with van der Waals surface area (Å²) in [7, 11) is 0. The number of hydrogen-bond acceptors (Lipinski definition) is 3. The van der Waals surface area contributed by atoms with E-state index < -0.39 is 5.97 Å². The maximum absolute atomic E-state index is 13.2. The van der Waals surface area contributed by atoms with Gasteiger partial charge in [0.05, 0.1) is 17.5 Å². The molecule has 0 bridgehead atoms. The lowest BCUT2D eigenvalue weighted by Gasteiger charge is -2.27. The minimum Gasteiger partial charge on any atom is -0.481 e. The van der Waals surface area contributed by atoms with E-state index in [4.69, 9.17) is 10.1 Å².